The molecule has 20 heavy (non-hydrogen) atoms. The van der Waals surface area contributed by atoms with Crippen molar-refractivity contribution in [2.75, 3.05) is 0 Å². The number of alkyl halides is 3. The molecule has 0 bridgehead atoms. The third kappa shape index (κ3) is 3.13. The molecule has 2 rings (SSSR count). The number of rotatable bonds is 3. The van der Waals surface area contributed by atoms with Crippen LogP contribution in [0.4, 0.5) is 13.2 Å². The van der Waals surface area contributed by atoms with Crippen LogP contribution >= 0.6 is 11.6 Å². The molecule has 1 aromatic heterocycles. The number of halogens is 4. The van der Waals surface area contributed by atoms with Crippen molar-refractivity contribution in [1.29, 1.82) is 0 Å². The minimum absolute atomic E-state index is 0.161. The minimum Gasteiger partial charge on any atom is -0.328 e. The molecule has 0 aliphatic rings. The van der Waals surface area contributed by atoms with Crippen LogP contribution in [-0.2, 0) is 12.6 Å². The van der Waals surface area contributed by atoms with Crippen molar-refractivity contribution >= 4 is 11.6 Å². The number of aromatic nitrogens is 2. The Morgan fingerprint density at radius 2 is 2.05 bits per heavy atom. The van der Waals surface area contributed by atoms with E-state index in [1.54, 1.807) is 25.1 Å². The van der Waals surface area contributed by atoms with Crippen molar-refractivity contribution in [3.63, 3.8) is 0 Å². The quantitative estimate of drug-likeness (QED) is 0.944. The average Bonchev–Trinajstić information content (AvgIpc) is 2.80. The lowest BCUT2D eigenvalue weighted by molar-refractivity contribution is -0.141. The maximum Gasteiger partial charge on any atom is 0.435 e. The van der Waals surface area contributed by atoms with Crippen LogP contribution in [0.1, 0.15) is 18.2 Å². The summed E-state index contributed by atoms with van der Waals surface area (Å²) in [6.07, 6.45) is -2.75. The smallest absolute Gasteiger partial charge is 0.328 e. The van der Waals surface area contributed by atoms with Gasteiger partial charge >= 0.3 is 6.18 Å². The summed E-state index contributed by atoms with van der Waals surface area (Å²) < 4.78 is 38.9. The van der Waals surface area contributed by atoms with E-state index < -0.39 is 11.9 Å². The molecular formula is C13H13ClF3N3. The Kier molecular flexibility index (Phi) is 4.06. The summed E-state index contributed by atoms with van der Waals surface area (Å²) in [6.45, 7) is 1.80. The molecule has 0 aliphatic heterocycles. The van der Waals surface area contributed by atoms with Crippen LogP contribution in [0.15, 0.2) is 30.5 Å². The number of hydrogen-bond acceptors (Lipinski definition) is 2. The van der Waals surface area contributed by atoms with Crippen LogP contribution in [-0.4, -0.2) is 15.8 Å². The summed E-state index contributed by atoms with van der Waals surface area (Å²) >= 11 is 6.10. The van der Waals surface area contributed by atoms with Gasteiger partial charge in [0.2, 0.25) is 0 Å². The third-order valence-corrected chi connectivity index (χ3v) is 3.10. The van der Waals surface area contributed by atoms with E-state index in [1.807, 2.05) is 0 Å². The first-order chi connectivity index (χ1) is 9.29. The van der Waals surface area contributed by atoms with E-state index in [0.29, 0.717) is 22.7 Å². The molecule has 0 spiro atoms. The second-order valence-corrected chi connectivity index (χ2v) is 4.97. The van der Waals surface area contributed by atoms with Crippen LogP contribution < -0.4 is 5.73 Å². The fourth-order valence-corrected chi connectivity index (χ4v) is 2.14. The molecule has 2 N–H and O–H groups in total. The van der Waals surface area contributed by atoms with E-state index in [4.69, 9.17) is 17.3 Å². The molecule has 3 nitrogen and oxygen atoms in total. The highest BCUT2D eigenvalue weighted by molar-refractivity contribution is 6.31. The van der Waals surface area contributed by atoms with Crippen LogP contribution in [0.3, 0.4) is 0 Å². The average molecular weight is 304 g/mol. The largest absolute Gasteiger partial charge is 0.435 e. The molecule has 0 saturated heterocycles. The van der Waals surface area contributed by atoms with Gasteiger partial charge in [-0.1, -0.05) is 17.7 Å². The van der Waals surface area contributed by atoms with Crippen molar-refractivity contribution in [2.45, 2.75) is 25.6 Å². The SMILES string of the molecule is CC(N)Cc1c(Cl)cccc1-n1ccc(C(F)(F)F)n1. The van der Waals surface area contributed by atoms with Crippen LogP contribution in [0.2, 0.25) is 5.02 Å². The van der Waals surface area contributed by atoms with Gasteiger partial charge in [-0.15, -0.1) is 0 Å². The fourth-order valence-electron chi connectivity index (χ4n) is 1.90. The summed E-state index contributed by atoms with van der Waals surface area (Å²) in [5, 5.41) is 4.01. The monoisotopic (exact) mass is 303 g/mol. The number of nitrogens with two attached hydrogens (primary N) is 1. The zero-order chi connectivity index (χ0) is 14.9. The van der Waals surface area contributed by atoms with Crippen molar-refractivity contribution < 1.29 is 13.2 Å². The Balaban J connectivity index is 2.47. The van der Waals surface area contributed by atoms with Gasteiger partial charge in [-0.3, -0.25) is 0 Å². The maximum absolute atomic E-state index is 12.6. The van der Waals surface area contributed by atoms with Crippen LogP contribution in [0.25, 0.3) is 5.69 Å². The van der Waals surface area contributed by atoms with E-state index in [2.05, 4.69) is 5.10 Å². The van der Waals surface area contributed by atoms with Gasteiger partial charge in [0, 0.05) is 17.3 Å². The van der Waals surface area contributed by atoms with Crippen molar-refractivity contribution in [1.82, 2.24) is 9.78 Å². The minimum atomic E-state index is -4.47. The molecule has 2 aromatic rings. The summed E-state index contributed by atoms with van der Waals surface area (Å²) in [6, 6.07) is 5.77. The lowest BCUT2D eigenvalue weighted by atomic mass is 10.1. The van der Waals surface area contributed by atoms with Gasteiger partial charge in [0.1, 0.15) is 0 Å². The molecule has 108 valence electrons. The van der Waals surface area contributed by atoms with E-state index in [1.165, 1.54) is 10.9 Å². The Labute approximate surface area is 119 Å². The summed E-state index contributed by atoms with van der Waals surface area (Å²) in [5.74, 6) is 0. The second-order valence-electron chi connectivity index (χ2n) is 4.56. The van der Waals surface area contributed by atoms with Crippen molar-refractivity contribution in [3.8, 4) is 5.69 Å². The molecule has 0 saturated carbocycles. The van der Waals surface area contributed by atoms with Gasteiger partial charge in [-0.2, -0.15) is 18.3 Å². The Hall–Kier alpha value is -1.53. The lowest BCUT2D eigenvalue weighted by Gasteiger charge is -2.13. The highest BCUT2D eigenvalue weighted by Crippen LogP contribution is 2.29. The zero-order valence-corrected chi connectivity index (χ0v) is 11.4. The summed E-state index contributed by atoms with van der Waals surface area (Å²) in [7, 11) is 0. The fraction of sp³-hybridized carbons (Fsp3) is 0.308. The molecule has 0 radical (unpaired) electrons. The molecule has 1 atom stereocenters. The molecule has 1 unspecified atom stereocenters. The molecule has 0 amide bonds. The molecule has 1 aromatic carbocycles. The van der Waals surface area contributed by atoms with E-state index in [9.17, 15) is 13.2 Å². The van der Waals surface area contributed by atoms with Gasteiger partial charge in [0.15, 0.2) is 5.69 Å². The summed E-state index contributed by atoms with van der Waals surface area (Å²) in [5.41, 5.74) is 5.99. The summed E-state index contributed by atoms with van der Waals surface area (Å²) in [4.78, 5) is 0. The topological polar surface area (TPSA) is 43.8 Å². The Morgan fingerprint density at radius 1 is 1.35 bits per heavy atom. The maximum atomic E-state index is 12.6. The van der Waals surface area contributed by atoms with Crippen LogP contribution in [0, 0.1) is 0 Å². The van der Waals surface area contributed by atoms with Crippen LogP contribution in [0.5, 0.6) is 0 Å². The predicted octanol–water partition coefficient (Wildman–Crippen LogP) is 3.43. The number of benzene rings is 1. The molecule has 7 heteroatoms. The first kappa shape index (κ1) is 14.9. The number of nitrogens with zero attached hydrogens (tertiary/aromatic N) is 2. The predicted molar refractivity (Wildman–Crippen MR) is 70.9 cm³/mol. The van der Waals surface area contributed by atoms with Crippen molar-refractivity contribution in [3.05, 3.63) is 46.7 Å². The highest BCUT2D eigenvalue weighted by Gasteiger charge is 2.33. The van der Waals surface area contributed by atoms with Gasteiger partial charge in [0.05, 0.1) is 5.69 Å². The molecule has 1 heterocycles. The molecular weight excluding hydrogens is 291 g/mol. The molecule has 0 fully saturated rings. The Morgan fingerprint density at radius 3 is 2.60 bits per heavy atom. The third-order valence-electron chi connectivity index (χ3n) is 2.75. The zero-order valence-electron chi connectivity index (χ0n) is 10.7. The van der Waals surface area contributed by atoms with Gasteiger partial charge in [-0.25, -0.2) is 4.68 Å². The van der Waals surface area contributed by atoms with E-state index in [-0.39, 0.29) is 6.04 Å². The normalized spacial score (nSPS) is 13.5. The van der Waals surface area contributed by atoms with Gasteiger partial charge in [0.25, 0.3) is 0 Å². The first-order valence-corrected chi connectivity index (χ1v) is 6.33. The van der Waals surface area contributed by atoms with E-state index >= 15 is 0 Å². The highest BCUT2D eigenvalue weighted by atomic mass is 35.5. The Bertz CT molecular complexity index is 605. The molecule has 0 aliphatic carbocycles. The first-order valence-electron chi connectivity index (χ1n) is 5.95. The standard InChI is InChI=1S/C13H13ClF3N3/c1-8(18)7-9-10(14)3-2-4-11(9)20-6-5-12(19-20)13(15,16)17/h2-6,8H,7,18H2,1H3. The van der Waals surface area contributed by atoms with Gasteiger partial charge in [-0.05, 0) is 37.1 Å². The van der Waals surface area contributed by atoms with Crippen molar-refractivity contribution in [2.24, 2.45) is 5.73 Å². The lowest BCUT2D eigenvalue weighted by Crippen LogP contribution is -2.19. The number of hydrogen-bond donors (Lipinski definition) is 1. The van der Waals surface area contributed by atoms with E-state index in [0.717, 1.165) is 6.07 Å². The second kappa shape index (κ2) is 5.46. The van der Waals surface area contributed by atoms with Gasteiger partial charge < -0.3 is 5.73 Å².